The highest BCUT2D eigenvalue weighted by molar-refractivity contribution is 7.89. The second-order valence-electron chi connectivity index (χ2n) is 37.7. The van der Waals surface area contributed by atoms with Crippen LogP contribution in [0.3, 0.4) is 0 Å². The molecule has 1 saturated heterocycles. The number of hydrogen-bond acceptors (Lipinski definition) is 27. The Kier molecular flexibility index (Phi) is 26.8. The Labute approximate surface area is 866 Å². The quantitative estimate of drug-likeness (QED) is 0.0295. The fraction of sp³-hybridized carbons (Fsp3) is 0.237. The summed E-state index contributed by atoms with van der Waals surface area (Å²) in [6.45, 7) is 1.57. The van der Waals surface area contributed by atoms with E-state index in [2.05, 4.69) is 56.5 Å². The van der Waals surface area contributed by atoms with Crippen LogP contribution in [0.5, 0.6) is 63.2 Å². The van der Waals surface area contributed by atoms with Gasteiger partial charge in [0.1, 0.15) is 34.8 Å². The average molecular weight is 2060 g/mol. The number of aliphatic hydroxyl groups is 2. The number of nitrogens with zero attached hydrogens (tertiary/aromatic N) is 7. The summed E-state index contributed by atoms with van der Waals surface area (Å²) in [6.07, 6.45) is 14.5. The first kappa shape index (κ1) is 97.8. The molecule has 7 N–H and O–H groups in total. The normalized spacial score (nSPS) is 16.6. The van der Waals surface area contributed by atoms with E-state index in [-0.39, 0.29) is 82.0 Å². The third-order valence-electron chi connectivity index (χ3n) is 28.5. The van der Waals surface area contributed by atoms with Crippen LogP contribution in [0.2, 0.25) is 5.02 Å². The smallest absolute Gasteiger partial charge is 0.243 e. The van der Waals surface area contributed by atoms with Gasteiger partial charge < -0.3 is 93.3 Å². The lowest BCUT2D eigenvalue weighted by Crippen LogP contribution is -2.39. The largest absolute Gasteiger partial charge is 0.496 e. The second-order valence-corrected chi connectivity index (χ2v) is 40.1. The maximum absolute atomic E-state index is 14.4. The average Bonchev–Trinajstić information content (AvgIpc) is 1.61. The third-order valence-corrected chi connectivity index (χ3v) is 30.7. The number of carbonyl (C=O) groups is 5. The molecule has 0 radical (unpaired) electrons. The number of fused-ring (bicyclic) bond motifs is 5. The zero-order valence-electron chi connectivity index (χ0n) is 80.8. The van der Waals surface area contributed by atoms with Crippen molar-refractivity contribution in [2.24, 2.45) is 0 Å². The highest BCUT2D eigenvalue weighted by Crippen LogP contribution is 2.57. The van der Waals surface area contributed by atoms with Crippen molar-refractivity contribution < 1.29 is 105 Å². The van der Waals surface area contributed by atoms with Crippen LogP contribution in [0, 0.1) is 5.82 Å². The van der Waals surface area contributed by atoms with Crippen LogP contribution in [0.25, 0.3) is 56.3 Å². The Morgan fingerprint density at radius 2 is 0.767 bits per heavy atom. The summed E-state index contributed by atoms with van der Waals surface area (Å²) in [4.78, 5) is 92.4. The van der Waals surface area contributed by atoms with Crippen molar-refractivity contribution in [3.8, 4) is 120 Å². The Morgan fingerprint density at radius 1 is 0.400 bits per heavy atom. The van der Waals surface area contributed by atoms with Gasteiger partial charge in [0.25, 0.3) is 0 Å². The fourth-order valence-corrected chi connectivity index (χ4v) is 20.8. The van der Waals surface area contributed by atoms with Gasteiger partial charge in [-0.3, -0.25) is 29.0 Å². The standard InChI is InChI=1S/C27H27N3O6S.C23H19FN2O4.C23H20N2O4.C21H16ClN3O3.C20H16N2O4.H2/c31-20-10-14-30(15-11-20)37(33,34)21-7-4-18(5-8-21)22-2-1-3-25(28-22)29-26(32)27(12-13-27)19-6-9-23-24(16-19)36-17-35-23;1-28-18-6-2-4-15(24)21(18)16-5-3-7-20(25-16)26-22(27)23(10-11-23)14-8-9-17-19(12-14)30-13-29-17;26-13-15-4-1-2-5-17(15)18-6-3-7-21(24-18)25-22(27)23(10-11-23)16-8-9-19-20(12-16)29-14-28-19;22-15-4-2-1-3-14(15)16-10-24-19(11-23-16)25-20(26)21(7-8-21)13-5-6-17-18(9-13)28-12-27-17;23-19(22-18-3-1-2-15(21-18)13-6-9-24-11-13)20(7-8-20)14-4-5-16-17(10-14)26-12-25-16;/h1-9,16,20,31H,10-15,17H2,(H,28,29,32);2-9,12H,10-11,13H2,1H3,(H,25,26,27);1-9,12,26H,10-11,13-14H2,(H,24,25,27);1-6,9-11H,7-8,12H2,(H,24,25,26);1-6,9-11H,7-8,12H2,(H,21,22,23);1H. The summed E-state index contributed by atoms with van der Waals surface area (Å²) in [6, 6.07) is 77.8. The minimum absolute atomic E-state index is 0. The first-order chi connectivity index (χ1) is 73.0. The van der Waals surface area contributed by atoms with Gasteiger partial charge in [0.05, 0.1) is 116 Å². The third kappa shape index (κ3) is 20.1. The number of sulfonamides is 1. The van der Waals surface area contributed by atoms with Crippen LogP contribution < -0.4 is 78.7 Å². The lowest BCUT2D eigenvalue weighted by Gasteiger charge is -2.28. The number of piperidine rings is 1. The van der Waals surface area contributed by atoms with Crippen LogP contribution >= 0.6 is 11.6 Å². The lowest BCUT2D eigenvalue weighted by molar-refractivity contribution is -0.119. The van der Waals surface area contributed by atoms with Crippen LogP contribution in [0.4, 0.5) is 33.5 Å². The first-order valence-corrected chi connectivity index (χ1v) is 50.7. The number of anilines is 5. The maximum atomic E-state index is 14.4. The topological polar surface area (TPSA) is 415 Å². The number of pyridine rings is 4. The van der Waals surface area contributed by atoms with Gasteiger partial charge in [-0.1, -0.05) is 127 Å². The predicted octanol–water partition coefficient (Wildman–Crippen LogP) is 19.4. The van der Waals surface area contributed by atoms with E-state index >= 15 is 0 Å². The fourth-order valence-electron chi connectivity index (χ4n) is 19.1. The second kappa shape index (κ2) is 41.1. The molecule has 5 saturated carbocycles. The molecular formula is C114H100ClFN12O21S. The molecule has 5 amide bonds. The van der Waals surface area contributed by atoms with Gasteiger partial charge in [-0.2, -0.15) is 4.31 Å². The molecule has 0 spiro atoms. The highest BCUT2D eigenvalue weighted by atomic mass is 35.5. The zero-order chi connectivity index (χ0) is 103. The van der Waals surface area contributed by atoms with Crippen LogP contribution in [-0.4, -0.2) is 143 Å². The molecule has 15 aromatic rings. The van der Waals surface area contributed by atoms with E-state index in [4.69, 9.17) is 68.1 Å². The van der Waals surface area contributed by atoms with Crippen LogP contribution in [0.1, 0.15) is 112 Å². The molecule has 33 nitrogen and oxygen atoms in total. The van der Waals surface area contributed by atoms with Crippen molar-refractivity contribution in [3.05, 3.63) is 330 Å². The van der Waals surface area contributed by atoms with Crippen molar-refractivity contribution in [1.82, 2.24) is 34.2 Å². The number of aromatic nitrogens is 6. The number of methoxy groups -OCH3 is 1. The Bertz CT molecular complexity index is 7850. The summed E-state index contributed by atoms with van der Waals surface area (Å²) in [7, 11) is -2.14. The Hall–Kier alpha value is -16.9. The van der Waals surface area contributed by atoms with Gasteiger partial charge in [0.15, 0.2) is 63.3 Å². The molecule has 6 aliphatic heterocycles. The zero-order valence-corrected chi connectivity index (χ0v) is 82.4. The molecule has 36 heteroatoms. The molecule has 0 atom stereocenters. The van der Waals surface area contributed by atoms with E-state index < -0.39 is 49.0 Å². The molecule has 762 valence electrons. The predicted molar refractivity (Wildman–Crippen MR) is 553 cm³/mol. The number of benzene rings is 9. The summed E-state index contributed by atoms with van der Waals surface area (Å²) in [5.41, 5.74) is 9.17. The van der Waals surface area contributed by atoms with Gasteiger partial charge in [-0.05, 0) is 256 Å². The summed E-state index contributed by atoms with van der Waals surface area (Å²) >= 11 is 6.20. The summed E-state index contributed by atoms with van der Waals surface area (Å²) in [5.74, 6) is 8.55. The molecule has 26 rings (SSSR count). The number of halogens is 2. The molecule has 0 bridgehead atoms. The summed E-state index contributed by atoms with van der Waals surface area (Å²) < 4.78 is 106. The monoisotopic (exact) mass is 2060 g/mol. The molecular weight excluding hydrogens is 1960 g/mol. The molecule has 11 aliphatic rings. The number of ether oxygens (including phenoxy) is 11. The molecule has 6 aromatic heterocycles. The molecule has 150 heavy (non-hydrogen) atoms. The molecule has 9 aromatic carbocycles. The number of carbonyl (C=O) groups excluding carboxylic acids is 5. The number of aliphatic hydroxyl groups excluding tert-OH is 2. The Balaban J connectivity index is 0.000000110. The van der Waals surface area contributed by atoms with E-state index in [0.29, 0.717) is 140 Å². The SMILES string of the molecule is COc1cccc(F)c1-c1cccc(NC(=O)C2(c3ccc4c(c3)OCO4)CC2)n1.O=C(Nc1cccc(-c2ccc(S(=O)(=O)N3CCC(O)CC3)cc2)n1)C1(c2ccc3c(c2)OCO3)CC1.O=C(Nc1cccc(-c2ccccc2CO)n1)C1(c2ccc3c(c2)OCO3)CC1.O=C(Nc1cccc(-c2ccoc2)n1)C1(c2ccc3c(c2)OCO3)CC1.O=C(Nc1cnc(-c2ccccc2Cl)cn1)C1(c2ccc3c(c2)OCO3)CC1.[HH]. The van der Waals surface area contributed by atoms with Crippen molar-refractivity contribution >= 4 is 80.2 Å². The highest BCUT2D eigenvalue weighted by Gasteiger charge is 2.56. The van der Waals surface area contributed by atoms with Crippen molar-refractivity contribution in [2.45, 2.75) is 122 Å². The van der Waals surface area contributed by atoms with E-state index in [0.717, 1.165) is 131 Å². The molecule has 12 heterocycles. The van der Waals surface area contributed by atoms with Crippen molar-refractivity contribution in [1.29, 1.82) is 0 Å². The van der Waals surface area contributed by atoms with Gasteiger partial charge in [0, 0.05) is 36.8 Å². The number of rotatable bonds is 24. The molecule has 6 fully saturated rings. The van der Waals surface area contributed by atoms with Gasteiger partial charge in [-0.15, -0.1) is 0 Å². The van der Waals surface area contributed by atoms with Gasteiger partial charge in [-0.25, -0.2) is 37.7 Å². The Morgan fingerprint density at radius 3 is 1.15 bits per heavy atom. The van der Waals surface area contributed by atoms with Crippen LogP contribution in [-0.2, 0) is 67.7 Å². The number of amides is 5. The van der Waals surface area contributed by atoms with E-state index in [1.165, 1.54) is 17.5 Å². The van der Waals surface area contributed by atoms with Crippen LogP contribution in [0.15, 0.2) is 295 Å². The van der Waals surface area contributed by atoms with Crippen molar-refractivity contribution in [2.75, 3.05) is 80.7 Å². The number of hydrogen-bond donors (Lipinski definition) is 7. The number of furan rings is 1. The maximum Gasteiger partial charge on any atom is 0.243 e. The molecule has 0 unspecified atom stereocenters. The minimum atomic E-state index is -3.62. The summed E-state index contributed by atoms with van der Waals surface area (Å²) in [5, 5.41) is 34.5. The molecule has 5 aliphatic carbocycles. The van der Waals surface area contributed by atoms with E-state index in [9.17, 15) is 47.0 Å². The van der Waals surface area contributed by atoms with Gasteiger partial charge >= 0.3 is 0 Å². The van der Waals surface area contributed by atoms with E-state index in [1.807, 2.05) is 176 Å². The van der Waals surface area contributed by atoms with Crippen molar-refractivity contribution in [3.63, 3.8) is 0 Å². The number of nitrogens with one attached hydrogen (secondary N) is 5. The van der Waals surface area contributed by atoms with E-state index in [1.54, 1.807) is 104 Å². The minimum Gasteiger partial charge on any atom is -0.496 e. The first-order valence-electron chi connectivity index (χ1n) is 48.9. The lowest BCUT2D eigenvalue weighted by atomic mass is 9.94. The van der Waals surface area contributed by atoms with Gasteiger partial charge in [0.2, 0.25) is 73.5 Å².